The maximum absolute atomic E-state index is 13.3. The maximum Gasteiger partial charge on any atom is 0.491 e. The van der Waals surface area contributed by atoms with Gasteiger partial charge in [0.1, 0.15) is 11.6 Å². The summed E-state index contributed by atoms with van der Waals surface area (Å²) in [5.41, 5.74) is 11.8. The van der Waals surface area contributed by atoms with Gasteiger partial charge in [0.25, 0.3) is 0 Å². The van der Waals surface area contributed by atoms with Crippen LogP contribution in [0.5, 0.6) is 0 Å². The molecule has 5 nitrogen and oxygen atoms in total. The van der Waals surface area contributed by atoms with E-state index in [1.54, 1.807) is 6.08 Å². The minimum Gasteiger partial charge on any atom is -0.400 e. The summed E-state index contributed by atoms with van der Waals surface area (Å²) in [6.45, 7) is 8.05. The van der Waals surface area contributed by atoms with E-state index in [-0.39, 0.29) is 12.4 Å². The second-order valence-corrected chi connectivity index (χ2v) is 6.14. The fourth-order valence-corrected chi connectivity index (χ4v) is 2.00. The summed E-state index contributed by atoms with van der Waals surface area (Å²) in [6, 6.07) is 1.31. The van der Waals surface area contributed by atoms with Crippen LogP contribution in [0.25, 0.3) is 6.08 Å². The molecule has 0 radical (unpaired) electrons. The first-order valence-electron chi connectivity index (χ1n) is 6.83. The SMILES string of the molecule is CC1(C)OB(C(=Cc2cc(F)cnc2N)CN)OC1(C)C. The molecule has 1 aliphatic heterocycles. The van der Waals surface area contributed by atoms with Crippen molar-refractivity contribution in [1.82, 2.24) is 4.98 Å². The monoisotopic (exact) mass is 293 g/mol. The lowest BCUT2D eigenvalue weighted by atomic mass is 9.77. The van der Waals surface area contributed by atoms with Gasteiger partial charge in [-0.3, -0.25) is 0 Å². The van der Waals surface area contributed by atoms with Gasteiger partial charge in [-0.25, -0.2) is 9.37 Å². The van der Waals surface area contributed by atoms with Gasteiger partial charge >= 0.3 is 7.12 Å². The van der Waals surface area contributed by atoms with Crippen molar-refractivity contribution in [1.29, 1.82) is 0 Å². The smallest absolute Gasteiger partial charge is 0.400 e. The highest BCUT2D eigenvalue weighted by molar-refractivity contribution is 6.56. The topological polar surface area (TPSA) is 83.4 Å². The molecule has 0 aliphatic carbocycles. The fraction of sp³-hybridized carbons (Fsp3) is 0.500. The Morgan fingerprint density at radius 2 is 1.90 bits per heavy atom. The number of anilines is 1. The molecule has 0 unspecified atom stereocenters. The fourth-order valence-electron chi connectivity index (χ4n) is 2.00. The van der Waals surface area contributed by atoms with Crippen molar-refractivity contribution in [3.05, 3.63) is 29.1 Å². The molecule has 7 heteroatoms. The average Bonchev–Trinajstić information content (AvgIpc) is 2.59. The number of nitrogens with zero attached hydrogens (tertiary/aromatic N) is 1. The molecule has 1 aromatic heterocycles. The summed E-state index contributed by atoms with van der Waals surface area (Å²) in [5.74, 6) is -0.223. The number of hydrogen-bond donors (Lipinski definition) is 2. The second-order valence-electron chi connectivity index (χ2n) is 6.14. The minimum absolute atomic E-state index is 0.215. The quantitative estimate of drug-likeness (QED) is 0.830. The van der Waals surface area contributed by atoms with Crippen molar-refractivity contribution in [3.63, 3.8) is 0 Å². The van der Waals surface area contributed by atoms with Crippen molar-refractivity contribution in [2.24, 2.45) is 5.73 Å². The zero-order chi connectivity index (χ0) is 15.8. The number of aromatic nitrogens is 1. The van der Waals surface area contributed by atoms with Crippen LogP contribution in [0.1, 0.15) is 33.3 Å². The van der Waals surface area contributed by atoms with E-state index < -0.39 is 24.1 Å². The first-order chi connectivity index (χ1) is 9.66. The van der Waals surface area contributed by atoms with Crippen molar-refractivity contribution >= 4 is 19.0 Å². The molecule has 1 fully saturated rings. The van der Waals surface area contributed by atoms with Crippen molar-refractivity contribution in [2.45, 2.75) is 38.9 Å². The number of halogens is 1. The summed E-state index contributed by atoms with van der Waals surface area (Å²) in [7, 11) is -0.581. The molecule has 114 valence electrons. The van der Waals surface area contributed by atoms with Crippen LogP contribution in [0.2, 0.25) is 0 Å². The van der Waals surface area contributed by atoms with Gasteiger partial charge in [-0.15, -0.1) is 0 Å². The van der Waals surface area contributed by atoms with E-state index in [4.69, 9.17) is 20.8 Å². The summed E-state index contributed by atoms with van der Waals surface area (Å²) in [4.78, 5) is 3.79. The average molecular weight is 293 g/mol. The molecule has 2 rings (SSSR count). The molecule has 0 bridgehead atoms. The lowest BCUT2D eigenvalue weighted by molar-refractivity contribution is 0.00578. The minimum atomic E-state index is -0.581. The van der Waals surface area contributed by atoms with Gasteiger partial charge in [-0.1, -0.05) is 6.08 Å². The van der Waals surface area contributed by atoms with E-state index in [1.165, 1.54) is 6.07 Å². The molecular weight excluding hydrogens is 272 g/mol. The summed E-state index contributed by atoms with van der Waals surface area (Å²) >= 11 is 0. The first-order valence-corrected chi connectivity index (χ1v) is 6.83. The maximum atomic E-state index is 13.3. The van der Waals surface area contributed by atoms with Gasteiger partial charge in [0.15, 0.2) is 0 Å². The Kier molecular flexibility index (Phi) is 4.10. The van der Waals surface area contributed by atoms with Gasteiger partial charge < -0.3 is 20.8 Å². The predicted octanol–water partition coefficient (Wildman–Crippen LogP) is 1.78. The number of hydrogen-bond acceptors (Lipinski definition) is 5. The highest BCUT2D eigenvalue weighted by Gasteiger charge is 2.52. The van der Waals surface area contributed by atoms with E-state index in [1.807, 2.05) is 27.7 Å². The van der Waals surface area contributed by atoms with Crippen LogP contribution in [-0.2, 0) is 9.31 Å². The van der Waals surface area contributed by atoms with Crippen LogP contribution >= 0.6 is 0 Å². The lowest BCUT2D eigenvalue weighted by Crippen LogP contribution is -2.41. The van der Waals surface area contributed by atoms with Gasteiger partial charge in [0, 0.05) is 12.1 Å². The predicted molar refractivity (Wildman–Crippen MR) is 81.7 cm³/mol. The van der Waals surface area contributed by atoms with Gasteiger partial charge in [-0.2, -0.15) is 0 Å². The Morgan fingerprint density at radius 3 is 2.43 bits per heavy atom. The number of pyridine rings is 1. The highest BCUT2D eigenvalue weighted by atomic mass is 19.1. The normalized spacial score (nSPS) is 20.9. The molecule has 1 saturated heterocycles. The van der Waals surface area contributed by atoms with Crippen molar-refractivity contribution < 1.29 is 13.7 Å². The summed E-state index contributed by atoms with van der Waals surface area (Å²) in [6.07, 6.45) is 2.75. The van der Waals surface area contributed by atoms with Crippen LogP contribution in [0.3, 0.4) is 0 Å². The van der Waals surface area contributed by atoms with E-state index in [2.05, 4.69) is 4.98 Å². The Balaban J connectivity index is 2.33. The molecule has 4 N–H and O–H groups in total. The van der Waals surface area contributed by atoms with Gasteiger partial charge in [0.2, 0.25) is 0 Å². The molecule has 1 aromatic rings. The van der Waals surface area contributed by atoms with E-state index >= 15 is 0 Å². The van der Waals surface area contributed by atoms with Crippen molar-refractivity contribution in [3.8, 4) is 0 Å². The lowest BCUT2D eigenvalue weighted by Gasteiger charge is -2.32. The molecular formula is C14H21BFN3O2. The highest BCUT2D eigenvalue weighted by Crippen LogP contribution is 2.38. The molecule has 0 aromatic carbocycles. The molecule has 1 aliphatic rings. The molecule has 0 atom stereocenters. The van der Waals surface area contributed by atoms with Crippen LogP contribution < -0.4 is 11.5 Å². The number of rotatable bonds is 3. The Labute approximate surface area is 124 Å². The van der Waals surface area contributed by atoms with Crippen LogP contribution in [0.15, 0.2) is 17.7 Å². The Bertz CT molecular complexity index is 559. The summed E-state index contributed by atoms with van der Waals surface area (Å²) < 4.78 is 25.2. The van der Waals surface area contributed by atoms with E-state index in [9.17, 15) is 4.39 Å². The summed E-state index contributed by atoms with van der Waals surface area (Å²) in [5, 5.41) is 0. The third-order valence-electron chi connectivity index (χ3n) is 4.05. The van der Waals surface area contributed by atoms with Gasteiger partial charge in [0.05, 0.1) is 17.4 Å². The van der Waals surface area contributed by atoms with Gasteiger partial charge in [-0.05, 0) is 39.2 Å². The van der Waals surface area contributed by atoms with Crippen molar-refractivity contribution in [2.75, 3.05) is 12.3 Å². The Morgan fingerprint density at radius 1 is 1.33 bits per heavy atom. The molecule has 0 amide bonds. The molecule has 0 spiro atoms. The van der Waals surface area contributed by atoms with Crippen LogP contribution in [0, 0.1) is 5.82 Å². The molecule has 21 heavy (non-hydrogen) atoms. The first kappa shape index (κ1) is 15.9. The standard InChI is InChI=1S/C14H21BFN3O2/c1-13(2)14(3,4)21-15(20-13)10(7-17)5-9-6-11(16)8-19-12(9)18/h5-6,8H,7,17H2,1-4H3,(H2,18,19). The second kappa shape index (κ2) is 5.40. The zero-order valence-electron chi connectivity index (χ0n) is 12.8. The van der Waals surface area contributed by atoms with E-state index in [0.717, 1.165) is 6.20 Å². The third kappa shape index (κ3) is 3.10. The van der Waals surface area contributed by atoms with Crippen LogP contribution in [0.4, 0.5) is 10.2 Å². The Hall–Kier alpha value is -1.44. The van der Waals surface area contributed by atoms with E-state index in [0.29, 0.717) is 11.0 Å². The molecule has 0 saturated carbocycles. The molecule has 2 heterocycles. The largest absolute Gasteiger partial charge is 0.491 e. The third-order valence-corrected chi connectivity index (χ3v) is 4.05. The number of nitrogens with two attached hydrogens (primary N) is 2. The number of nitrogen functional groups attached to an aromatic ring is 1. The van der Waals surface area contributed by atoms with Crippen LogP contribution in [-0.4, -0.2) is 29.8 Å². The zero-order valence-corrected chi connectivity index (χ0v) is 12.8.